The molecule has 1 aromatic carbocycles. The molecule has 0 saturated carbocycles. The van der Waals surface area contributed by atoms with Crippen molar-refractivity contribution in [3.05, 3.63) is 57.7 Å². The van der Waals surface area contributed by atoms with Gasteiger partial charge in [-0.15, -0.1) is 0 Å². The summed E-state index contributed by atoms with van der Waals surface area (Å²) in [5.74, 6) is 6.00. The smallest absolute Gasteiger partial charge is 0.169 e. The first-order valence-electron chi connectivity index (χ1n) is 5.56. The van der Waals surface area contributed by atoms with Gasteiger partial charge in [0, 0.05) is 0 Å². The van der Waals surface area contributed by atoms with Crippen LogP contribution in [-0.2, 0) is 6.42 Å². The molecule has 0 aliphatic heterocycles. The first-order chi connectivity index (χ1) is 8.60. The van der Waals surface area contributed by atoms with E-state index in [2.05, 4.69) is 21.4 Å². The average molecular weight is 313 g/mol. The fourth-order valence-corrected chi connectivity index (χ4v) is 2.16. The molecule has 1 heterocycles. The van der Waals surface area contributed by atoms with Crippen LogP contribution in [0.1, 0.15) is 22.9 Å². The van der Waals surface area contributed by atoms with Crippen molar-refractivity contribution < 1.29 is 8.81 Å². The van der Waals surface area contributed by atoms with Crippen LogP contribution in [0.15, 0.2) is 39.4 Å². The van der Waals surface area contributed by atoms with Crippen LogP contribution in [0.5, 0.6) is 0 Å². The zero-order valence-electron chi connectivity index (χ0n) is 9.91. The van der Waals surface area contributed by atoms with Gasteiger partial charge in [-0.1, -0.05) is 6.07 Å². The predicted molar refractivity (Wildman–Crippen MR) is 71.3 cm³/mol. The molecule has 1 atom stereocenters. The van der Waals surface area contributed by atoms with E-state index in [9.17, 15) is 4.39 Å². The predicted octanol–water partition coefficient (Wildman–Crippen LogP) is 3.24. The maximum absolute atomic E-state index is 13.2. The Hall–Kier alpha value is -1.17. The number of rotatable bonds is 4. The highest BCUT2D eigenvalue weighted by molar-refractivity contribution is 9.10. The van der Waals surface area contributed by atoms with Gasteiger partial charge in [-0.2, -0.15) is 0 Å². The van der Waals surface area contributed by atoms with Crippen molar-refractivity contribution in [3.63, 3.8) is 0 Å². The average Bonchev–Trinajstić information content (AvgIpc) is 2.77. The molecule has 2 rings (SSSR count). The van der Waals surface area contributed by atoms with Crippen molar-refractivity contribution in [1.82, 2.24) is 5.43 Å². The van der Waals surface area contributed by atoms with Crippen LogP contribution in [0.2, 0.25) is 0 Å². The Bertz CT molecular complexity index is 542. The molecule has 3 nitrogen and oxygen atoms in total. The molecular weight excluding hydrogens is 299 g/mol. The minimum absolute atomic E-state index is 0.184. The second kappa shape index (κ2) is 5.65. The molecule has 5 heteroatoms. The zero-order valence-corrected chi connectivity index (χ0v) is 11.5. The standard InChI is InChI=1S/C13H14BrFN2O/c1-8-2-3-10(15)6-9(8)7-11(17-16)12-4-5-13(14)18-12/h2-6,11,17H,7,16H2,1H3. The Morgan fingerprint density at radius 2 is 2.17 bits per heavy atom. The molecule has 0 bridgehead atoms. The van der Waals surface area contributed by atoms with Gasteiger partial charge in [0.25, 0.3) is 0 Å². The van der Waals surface area contributed by atoms with Crippen LogP contribution in [0, 0.1) is 12.7 Å². The Kier molecular flexibility index (Phi) is 4.16. The van der Waals surface area contributed by atoms with E-state index < -0.39 is 0 Å². The van der Waals surface area contributed by atoms with Crippen LogP contribution < -0.4 is 11.3 Å². The SMILES string of the molecule is Cc1ccc(F)cc1CC(NN)c1ccc(Br)o1. The van der Waals surface area contributed by atoms with Crippen molar-refractivity contribution in [2.45, 2.75) is 19.4 Å². The van der Waals surface area contributed by atoms with Crippen molar-refractivity contribution in [1.29, 1.82) is 0 Å². The number of halogens is 2. The van der Waals surface area contributed by atoms with Crippen LogP contribution >= 0.6 is 15.9 Å². The molecule has 0 amide bonds. The summed E-state index contributed by atoms with van der Waals surface area (Å²) in [6, 6.07) is 8.19. The molecule has 2 aromatic rings. The highest BCUT2D eigenvalue weighted by atomic mass is 79.9. The number of hydrogen-bond donors (Lipinski definition) is 2. The number of nitrogens with two attached hydrogens (primary N) is 1. The van der Waals surface area contributed by atoms with Gasteiger partial charge in [-0.25, -0.2) is 9.82 Å². The monoisotopic (exact) mass is 312 g/mol. The first kappa shape index (κ1) is 13.3. The number of hydrazine groups is 1. The van der Waals surface area contributed by atoms with Gasteiger partial charge in [0.1, 0.15) is 11.6 Å². The van der Waals surface area contributed by atoms with E-state index in [1.54, 1.807) is 12.1 Å². The number of furan rings is 1. The van der Waals surface area contributed by atoms with Crippen LogP contribution in [0.3, 0.4) is 0 Å². The first-order valence-corrected chi connectivity index (χ1v) is 6.36. The van der Waals surface area contributed by atoms with Gasteiger partial charge in [0.2, 0.25) is 0 Å². The van der Waals surface area contributed by atoms with E-state index in [-0.39, 0.29) is 11.9 Å². The second-order valence-electron chi connectivity index (χ2n) is 4.14. The van der Waals surface area contributed by atoms with Crippen LogP contribution in [-0.4, -0.2) is 0 Å². The summed E-state index contributed by atoms with van der Waals surface area (Å²) in [6.07, 6.45) is 0.569. The molecule has 1 aromatic heterocycles. The largest absolute Gasteiger partial charge is 0.453 e. The number of benzene rings is 1. The molecule has 18 heavy (non-hydrogen) atoms. The number of hydrogen-bond acceptors (Lipinski definition) is 3. The van der Waals surface area contributed by atoms with E-state index >= 15 is 0 Å². The van der Waals surface area contributed by atoms with E-state index in [1.165, 1.54) is 12.1 Å². The second-order valence-corrected chi connectivity index (χ2v) is 4.92. The molecule has 0 spiro atoms. The maximum Gasteiger partial charge on any atom is 0.169 e. The third-order valence-electron chi connectivity index (χ3n) is 2.87. The lowest BCUT2D eigenvalue weighted by Crippen LogP contribution is -2.29. The van der Waals surface area contributed by atoms with E-state index in [4.69, 9.17) is 10.3 Å². The Labute approximate surface area is 113 Å². The van der Waals surface area contributed by atoms with Gasteiger partial charge in [0.15, 0.2) is 4.67 Å². The fourth-order valence-electron chi connectivity index (χ4n) is 1.84. The maximum atomic E-state index is 13.2. The topological polar surface area (TPSA) is 51.2 Å². The molecule has 0 aliphatic carbocycles. The molecular formula is C13H14BrFN2O. The molecule has 0 aliphatic rings. The summed E-state index contributed by atoms with van der Waals surface area (Å²) < 4.78 is 19.3. The molecule has 0 fully saturated rings. The Morgan fingerprint density at radius 1 is 1.39 bits per heavy atom. The van der Waals surface area contributed by atoms with Gasteiger partial charge < -0.3 is 4.42 Å². The third kappa shape index (κ3) is 2.98. The van der Waals surface area contributed by atoms with Gasteiger partial charge in [0.05, 0.1) is 6.04 Å². The number of nitrogens with one attached hydrogen (secondary N) is 1. The van der Waals surface area contributed by atoms with E-state index in [1.807, 2.05) is 13.0 Å². The molecule has 96 valence electrons. The zero-order chi connectivity index (χ0) is 13.1. The van der Waals surface area contributed by atoms with Crippen molar-refractivity contribution in [2.24, 2.45) is 5.84 Å². The minimum Gasteiger partial charge on any atom is -0.453 e. The summed E-state index contributed by atoms with van der Waals surface area (Å²) in [5, 5.41) is 0. The van der Waals surface area contributed by atoms with Crippen molar-refractivity contribution >= 4 is 15.9 Å². The normalized spacial score (nSPS) is 12.7. The van der Waals surface area contributed by atoms with Gasteiger partial charge >= 0.3 is 0 Å². The summed E-state index contributed by atoms with van der Waals surface area (Å²) in [4.78, 5) is 0. The summed E-state index contributed by atoms with van der Waals surface area (Å²) >= 11 is 3.25. The van der Waals surface area contributed by atoms with Crippen molar-refractivity contribution in [3.8, 4) is 0 Å². The Balaban J connectivity index is 2.22. The van der Waals surface area contributed by atoms with E-state index in [0.29, 0.717) is 16.9 Å². The highest BCUT2D eigenvalue weighted by Crippen LogP contribution is 2.24. The molecule has 0 radical (unpaired) electrons. The van der Waals surface area contributed by atoms with Crippen LogP contribution in [0.4, 0.5) is 4.39 Å². The van der Waals surface area contributed by atoms with Crippen molar-refractivity contribution in [2.75, 3.05) is 0 Å². The third-order valence-corrected chi connectivity index (χ3v) is 3.30. The Morgan fingerprint density at radius 3 is 2.78 bits per heavy atom. The summed E-state index contributed by atoms with van der Waals surface area (Å²) in [5.41, 5.74) is 4.63. The summed E-state index contributed by atoms with van der Waals surface area (Å²) in [6.45, 7) is 1.94. The molecule has 3 N–H and O–H groups in total. The highest BCUT2D eigenvalue weighted by Gasteiger charge is 2.16. The fraction of sp³-hybridized carbons (Fsp3) is 0.231. The van der Waals surface area contributed by atoms with E-state index in [0.717, 1.165) is 11.1 Å². The summed E-state index contributed by atoms with van der Waals surface area (Å²) in [7, 11) is 0. The van der Waals surface area contributed by atoms with Gasteiger partial charge in [-0.05, 0) is 64.7 Å². The molecule has 0 saturated heterocycles. The lowest BCUT2D eigenvalue weighted by atomic mass is 10.00. The minimum atomic E-state index is -0.244. The lowest BCUT2D eigenvalue weighted by Gasteiger charge is -2.15. The molecule has 1 unspecified atom stereocenters. The lowest BCUT2D eigenvalue weighted by molar-refractivity contribution is 0.404. The van der Waals surface area contributed by atoms with Crippen LogP contribution in [0.25, 0.3) is 0 Å². The number of aryl methyl sites for hydroxylation is 1. The van der Waals surface area contributed by atoms with Gasteiger partial charge in [-0.3, -0.25) is 5.84 Å². The quantitative estimate of drug-likeness (QED) is 0.673.